The number of halogens is 1. The highest BCUT2D eigenvalue weighted by molar-refractivity contribution is 9.10. The van der Waals surface area contributed by atoms with E-state index in [1.54, 1.807) is 0 Å². The van der Waals surface area contributed by atoms with Crippen LogP contribution in [0.2, 0.25) is 0 Å². The molecule has 0 heterocycles. The molecule has 0 radical (unpaired) electrons. The minimum absolute atomic E-state index is 0.780. The van der Waals surface area contributed by atoms with Gasteiger partial charge in [-0.15, -0.1) is 0 Å². The predicted molar refractivity (Wildman–Crippen MR) is 62.7 cm³/mol. The van der Waals surface area contributed by atoms with Crippen LogP contribution >= 0.6 is 28.6 Å². The Bertz CT molecular complexity index is 235. The van der Waals surface area contributed by atoms with Crippen LogP contribution in [0, 0.1) is 0 Å². The fourth-order valence-electron chi connectivity index (χ4n) is 0.935. The average Bonchev–Trinajstić information content (AvgIpc) is 2.15. The van der Waals surface area contributed by atoms with Gasteiger partial charge < -0.3 is 4.74 Å². The minimum Gasteiger partial charge on any atom is -0.494 e. The van der Waals surface area contributed by atoms with Gasteiger partial charge in [-0.3, -0.25) is 0 Å². The molecule has 0 N–H and O–H groups in total. The molecule has 0 aliphatic carbocycles. The Morgan fingerprint density at radius 3 is 2.46 bits per heavy atom. The summed E-state index contributed by atoms with van der Waals surface area (Å²) in [6, 6.07) is 7.89. The molecule has 0 aliphatic rings. The number of thiol groups is 1. The van der Waals surface area contributed by atoms with E-state index < -0.39 is 0 Å². The third kappa shape index (κ3) is 4.58. The van der Waals surface area contributed by atoms with E-state index in [-0.39, 0.29) is 0 Å². The summed E-state index contributed by atoms with van der Waals surface area (Å²) in [5, 5.41) is 0. The first-order valence-corrected chi connectivity index (χ1v) is 5.74. The standard InChI is InChI=1S/C10H13BrOS/c11-9-3-5-10(6-4-9)12-7-1-2-8-13/h3-6,13H,1-2,7-8H2. The molecule has 1 aromatic rings. The number of hydrogen-bond donors (Lipinski definition) is 1. The highest BCUT2D eigenvalue weighted by atomic mass is 79.9. The summed E-state index contributed by atoms with van der Waals surface area (Å²) < 4.78 is 6.59. The van der Waals surface area contributed by atoms with Crippen molar-refractivity contribution >= 4 is 28.6 Å². The van der Waals surface area contributed by atoms with Crippen molar-refractivity contribution in [3.63, 3.8) is 0 Å². The van der Waals surface area contributed by atoms with Gasteiger partial charge in [-0.05, 0) is 42.9 Å². The van der Waals surface area contributed by atoms with Crippen LogP contribution in [0.25, 0.3) is 0 Å². The normalized spacial score (nSPS) is 10.0. The lowest BCUT2D eigenvalue weighted by molar-refractivity contribution is 0.310. The van der Waals surface area contributed by atoms with Crippen molar-refractivity contribution < 1.29 is 4.74 Å². The zero-order chi connectivity index (χ0) is 9.52. The quantitative estimate of drug-likeness (QED) is 0.630. The van der Waals surface area contributed by atoms with Gasteiger partial charge in [-0.25, -0.2) is 0 Å². The summed E-state index contributed by atoms with van der Waals surface area (Å²) in [6.07, 6.45) is 2.18. The SMILES string of the molecule is SCCCCOc1ccc(Br)cc1. The van der Waals surface area contributed by atoms with E-state index in [4.69, 9.17) is 4.74 Å². The first-order chi connectivity index (χ1) is 6.33. The molecule has 0 unspecified atom stereocenters. The molecule has 0 fully saturated rings. The van der Waals surface area contributed by atoms with Crippen LogP contribution in [0.15, 0.2) is 28.7 Å². The maximum atomic E-state index is 5.51. The van der Waals surface area contributed by atoms with Gasteiger partial charge in [0, 0.05) is 4.47 Å². The molecule has 1 rings (SSSR count). The Labute approximate surface area is 93.0 Å². The van der Waals surface area contributed by atoms with Crippen molar-refractivity contribution in [3.05, 3.63) is 28.7 Å². The molecule has 0 saturated carbocycles. The van der Waals surface area contributed by atoms with Crippen LogP contribution in [-0.2, 0) is 0 Å². The molecule has 0 amide bonds. The lowest BCUT2D eigenvalue weighted by atomic mass is 10.3. The molecular formula is C10H13BrOS. The maximum Gasteiger partial charge on any atom is 0.119 e. The Morgan fingerprint density at radius 2 is 1.85 bits per heavy atom. The average molecular weight is 261 g/mol. The topological polar surface area (TPSA) is 9.23 Å². The van der Waals surface area contributed by atoms with Gasteiger partial charge in [-0.1, -0.05) is 15.9 Å². The van der Waals surface area contributed by atoms with Crippen molar-refractivity contribution in [1.29, 1.82) is 0 Å². The third-order valence-electron chi connectivity index (χ3n) is 1.63. The zero-order valence-corrected chi connectivity index (χ0v) is 9.85. The molecular weight excluding hydrogens is 248 g/mol. The smallest absolute Gasteiger partial charge is 0.119 e. The second-order valence-corrected chi connectivity index (χ2v) is 4.10. The van der Waals surface area contributed by atoms with E-state index in [2.05, 4.69) is 28.6 Å². The van der Waals surface area contributed by atoms with Crippen molar-refractivity contribution in [3.8, 4) is 5.75 Å². The monoisotopic (exact) mass is 260 g/mol. The van der Waals surface area contributed by atoms with Crippen molar-refractivity contribution in [1.82, 2.24) is 0 Å². The van der Waals surface area contributed by atoms with Gasteiger partial charge in [0.05, 0.1) is 6.61 Å². The molecule has 72 valence electrons. The van der Waals surface area contributed by atoms with E-state index >= 15 is 0 Å². The Kier molecular flexibility index (Phi) is 5.32. The van der Waals surface area contributed by atoms with Crippen LogP contribution < -0.4 is 4.74 Å². The molecule has 0 atom stereocenters. The highest BCUT2D eigenvalue weighted by Crippen LogP contribution is 2.16. The first-order valence-electron chi connectivity index (χ1n) is 4.32. The van der Waals surface area contributed by atoms with Crippen LogP contribution in [0.4, 0.5) is 0 Å². The lowest BCUT2D eigenvalue weighted by Gasteiger charge is -2.04. The molecule has 1 nitrogen and oxygen atoms in total. The van der Waals surface area contributed by atoms with Gasteiger partial charge in [0.2, 0.25) is 0 Å². The number of unbranched alkanes of at least 4 members (excludes halogenated alkanes) is 1. The van der Waals surface area contributed by atoms with Gasteiger partial charge >= 0.3 is 0 Å². The van der Waals surface area contributed by atoms with Crippen molar-refractivity contribution in [2.75, 3.05) is 12.4 Å². The maximum absolute atomic E-state index is 5.51. The first kappa shape index (κ1) is 10.9. The molecule has 13 heavy (non-hydrogen) atoms. The van der Waals surface area contributed by atoms with Gasteiger partial charge in [0.25, 0.3) is 0 Å². The molecule has 0 spiro atoms. The zero-order valence-electron chi connectivity index (χ0n) is 7.37. The summed E-state index contributed by atoms with van der Waals surface area (Å²) in [4.78, 5) is 0. The molecule has 3 heteroatoms. The van der Waals surface area contributed by atoms with Crippen LogP contribution in [-0.4, -0.2) is 12.4 Å². The van der Waals surface area contributed by atoms with Gasteiger partial charge in [-0.2, -0.15) is 12.6 Å². The number of ether oxygens (including phenoxy) is 1. The Hall–Kier alpha value is -0.150. The van der Waals surface area contributed by atoms with E-state index in [1.165, 1.54) is 0 Å². The van der Waals surface area contributed by atoms with E-state index in [9.17, 15) is 0 Å². The predicted octanol–water partition coefficient (Wildman–Crippen LogP) is 3.54. The second-order valence-electron chi connectivity index (χ2n) is 2.73. The minimum atomic E-state index is 0.780. The van der Waals surface area contributed by atoms with Crippen LogP contribution in [0.1, 0.15) is 12.8 Å². The van der Waals surface area contributed by atoms with Crippen molar-refractivity contribution in [2.45, 2.75) is 12.8 Å². The largest absolute Gasteiger partial charge is 0.494 e. The fourth-order valence-corrected chi connectivity index (χ4v) is 1.42. The van der Waals surface area contributed by atoms with Crippen LogP contribution in [0.3, 0.4) is 0 Å². The van der Waals surface area contributed by atoms with Gasteiger partial charge in [0.1, 0.15) is 5.75 Å². The number of benzene rings is 1. The van der Waals surface area contributed by atoms with Crippen molar-refractivity contribution in [2.24, 2.45) is 0 Å². The summed E-state index contributed by atoms with van der Waals surface area (Å²) in [6.45, 7) is 0.780. The molecule has 0 aliphatic heterocycles. The lowest BCUT2D eigenvalue weighted by Crippen LogP contribution is -1.97. The molecule has 0 aromatic heterocycles. The summed E-state index contributed by atoms with van der Waals surface area (Å²) >= 11 is 7.51. The molecule has 1 aromatic carbocycles. The third-order valence-corrected chi connectivity index (χ3v) is 2.48. The van der Waals surface area contributed by atoms with Gasteiger partial charge in [0.15, 0.2) is 0 Å². The Balaban J connectivity index is 2.25. The summed E-state index contributed by atoms with van der Waals surface area (Å²) in [7, 11) is 0. The van der Waals surface area contributed by atoms with E-state index in [0.717, 1.165) is 35.4 Å². The highest BCUT2D eigenvalue weighted by Gasteiger charge is 1.92. The van der Waals surface area contributed by atoms with E-state index in [1.807, 2.05) is 24.3 Å². The molecule has 0 saturated heterocycles. The fraction of sp³-hybridized carbons (Fsp3) is 0.400. The Morgan fingerprint density at radius 1 is 1.15 bits per heavy atom. The number of rotatable bonds is 5. The molecule has 0 bridgehead atoms. The summed E-state index contributed by atoms with van der Waals surface area (Å²) in [5.74, 6) is 1.87. The second kappa shape index (κ2) is 6.33. The van der Waals surface area contributed by atoms with Crippen LogP contribution in [0.5, 0.6) is 5.75 Å². The number of hydrogen-bond acceptors (Lipinski definition) is 2. The van der Waals surface area contributed by atoms with E-state index in [0.29, 0.717) is 0 Å². The summed E-state index contributed by atoms with van der Waals surface area (Å²) in [5.41, 5.74) is 0.